The van der Waals surface area contributed by atoms with Crippen molar-refractivity contribution < 1.29 is 9.90 Å². The first-order valence-corrected chi connectivity index (χ1v) is 2.87. The van der Waals surface area contributed by atoms with E-state index in [-0.39, 0.29) is 23.7 Å². The Labute approximate surface area is 64.4 Å². The van der Waals surface area contributed by atoms with E-state index >= 15 is 0 Å². The first-order chi connectivity index (χ1) is 5.04. The summed E-state index contributed by atoms with van der Waals surface area (Å²) in [7, 11) is 5.20. The highest BCUT2D eigenvalue weighted by Gasteiger charge is 2.27. The highest BCUT2D eigenvalue weighted by Crippen LogP contribution is 2.13. The van der Waals surface area contributed by atoms with Gasteiger partial charge < -0.3 is 15.7 Å². The molecule has 0 fully saturated rings. The third-order valence-electron chi connectivity index (χ3n) is 1.38. The standard InChI is InChI=1S/C5H6BN3O2/c6-9-1-2(10)3(4(9)7)5(8)11/h7,10H,1H2,(H2,8,11). The highest BCUT2D eigenvalue weighted by molar-refractivity contribution is 6.29. The van der Waals surface area contributed by atoms with E-state index in [1.165, 1.54) is 0 Å². The minimum absolute atomic E-state index is 0.0306. The van der Waals surface area contributed by atoms with Crippen LogP contribution in [0.25, 0.3) is 0 Å². The fourth-order valence-electron chi connectivity index (χ4n) is 0.859. The first-order valence-electron chi connectivity index (χ1n) is 2.87. The molecule has 0 aromatic heterocycles. The molecule has 0 spiro atoms. The summed E-state index contributed by atoms with van der Waals surface area (Å²) in [5, 5.41) is 16.2. The number of hydrogen-bond donors (Lipinski definition) is 3. The van der Waals surface area contributed by atoms with Gasteiger partial charge in [-0.15, -0.1) is 0 Å². The van der Waals surface area contributed by atoms with Gasteiger partial charge >= 0.3 is 0 Å². The molecule has 0 saturated heterocycles. The number of nitrogens with zero attached hydrogens (tertiary/aromatic N) is 1. The topological polar surface area (TPSA) is 90.4 Å². The normalized spacial score (nSPS) is 17.8. The molecule has 1 heterocycles. The maximum absolute atomic E-state index is 10.5. The smallest absolute Gasteiger partial charge is 0.255 e. The van der Waals surface area contributed by atoms with Crippen molar-refractivity contribution in [2.45, 2.75) is 0 Å². The molecule has 56 valence electrons. The van der Waals surface area contributed by atoms with Gasteiger partial charge in [-0.1, -0.05) is 0 Å². The number of nitrogens with two attached hydrogens (primary N) is 1. The van der Waals surface area contributed by atoms with Gasteiger partial charge in [-0.05, 0) is 0 Å². The molecule has 0 unspecified atom stereocenters. The van der Waals surface area contributed by atoms with Crippen LogP contribution in [0.1, 0.15) is 0 Å². The number of hydrogen-bond acceptors (Lipinski definition) is 3. The zero-order valence-corrected chi connectivity index (χ0v) is 5.66. The van der Waals surface area contributed by atoms with Crippen LogP contribution in [0.5, 0.6) is 0 Å². The van der Waals surface area contributed by atoms with Crippen molar-refractivity contribution in [2.24, 2.45) is 5.73 Å². The Bertz CT molecular complexity index is 260. The Hall–Kier alpha value is -1.46. The molecule has 11 heavy (non-hydrogen) atoms. The summed E-state index contributed by atoms with van der Waals surface area (Å²) in [5.41, 5.74) is 4.66. The third kappa shape index (κ3) is 1.06. The summed E-state index contributed by atoms with van der Waals surface area (Å²) < 4.78 is 0. The van der Waals surface area contributed by atoms with Crippen LogP contribution in [0.2, 0.25) is 0 Å². The molecule has 5 nitrogen and oxygen atoms in total. The van der Waals surface area contributed by atoms with Crippen molar-refractivity contribution in [1.29, 1.82) is 5.41 Å². The van der Waals surface area contributed by atoms with Crippen LogP contribution in [-0.4, -0.2) is 36.2 Å². The van der Waals surface area contributed by atoms with E-state index in [0.29, 0.717) is 0 Å². The van der Waals surface area contributed by atoms with Gasteiger partial charge in [0.1, 0.15) is 17.2 Å². The zero-order chi connectivity index (χ0) is 8.59. The predicted octanol–water partition coefficient (Wildman–Crippen LogP) is -1.34. The number of amides is 1. The van der Waals surface area contributed by atoms with Gasteiger partial charge in [-0.25, -0.2) is 0 Å². The number of aliphatic hydroxyl groups excluding tert-OH is 1. The molecule has 6 heteroatoms. The van der Waals surface area contributed by atoms with Crippen LogP contribution in [0.4, 0.5) is 0 Å². The number of carbonyl (C=O) groups is 1. The number of nitrogens with one attached hydrogen (secondary N) is 1. The number of rotatable bonds is 1. The molecule has 0 aromatic rings. The van der Waals surface area contributed by atoms with E-state index in [1.54, 1.807) is 0 Å². The van der Waals surface area contributed by atoms with Crippen LogP contribution in [0.3, 0.4) is 0 Å². The monoisotopic (exact) mass is 151 g/mol. The molecule has 1 rings (SSSR count). The highest BCUT2D eigenvalue weighted by atomic mass is 16.3. The van der Waals surface area contributed by atoms with Crippen molar-refractivity contribution in [2.75, 3.05) is 6.54 Å². The summed E-state index contributed by atoms with van der Waals surface area (Å²) >= 11 is 0. The summed E-state index contributed by atoms with van der Waals surface area (Å²) in [6.45, 7) is -0.0306. The lowest BCUT2D eigenvalue weighted by Gasteiger charge is -2.09. The van der Waals surface area contributed by atoms with E-state index in [0.717, 1.165) is 4.81 Å². The lowest BCUT2D eigenvalue weighted by Crippen LogP contribution is -2.27. The van der Waals surface area contributed by atoms with Crippen LogP contribution in [-0.2, 0) is 4.79 Å². The summed E-state index contributed by atoms with van der Waals surface area (Å²) in [4.78, 5) is 11.5. The number of primary amides is 1. The first kappa shape index (κ1) is 7.65. The van der Waals surface area contributed by atoms with Crippen molar-refractivity contribution >= 4 is 19.7 Å². The van der Waals surface area contributed by atoms with Crippen LogP contribution in [0.15, 0.2) is 11.3 Å². The minimum Gasteiger partial charge on any atom is -0.509 e. The molecular formula is C5H6BN3O2. The molecule has 1 aliphatic heterocycles. The average Bonchev–Trinajstić information content (AvgIpc) is 2.07. The number of carbonyl (C=O) groups excluding carboxylic acids is 1. The van der Waals surface area contributed by atoms with Crippen molar-refractivity contribution in [3.63, 3.8) is 0 Å². The lowest BCUT2D eigenvalue weighted by atomic mass is 10.2. The number of aliphatic hydroxyl groups is 1. The minimum atomic E-state index is -0.833. The van der Waals surface area contributed by atoms with Gasteiger partial charge in [0.05, 0.1) is 6.54 Å². The van der Waals surface area contributed by atoms with E-state index in [9.17, 15) is 4.79 Å². The second-order valence-corrected chi connectivity index (χ2v) is 2.16. The third-order valence-corrected chi connectivity index (χ3v) is 1.38. The Balaban J connectivity index is 3.01. The van der Waals surface area contributed by atoms with Gasteiger partial charge in [-0.2, -0.15) is 0 Å². The van der Waals surface area contributed by atoms with Gasteiger partial charge in [0.15, 0.2) is 0 Å². The van der Waals surface area contributed by atoms with Crippen molar-refractivity contribution in [3.05, 3.63) is 11.3 Å². The lowest BCUT2D eigenvalue weighted by molar-refractivity contribution is -0.114. The Kier molecular flexibility index (Phi) is 1.60. The molecule has 2 radical (unpaired) electrons. The fourth-order valence-corrected chi connectivity index (χ4v) is 0.859. The largest absolute Gasteiger partial charge is 0.509 e. The number of amidine groups is 1. The molecule has 0 aliphatic carbocycles. The van der Waals surface area contributed by atoms with Crippen LogP contribution >= 0.6 is 0 Å². The second-order valence-electron chi connectivity index (χ2n) is 2.16. The van der Waals surface area contributed by atoms with E-state index < -0.39 is 5.91 Å². The van der Waals surface area contributed by atoms with E-state index in [4.69, 9.17) is 24.2 Å². The zero-order valence-electron chi connectivity index (χ0n) is 5.66. The Morgan fingerprint density at radius 2 is 2.36 bits per heavy atom. The molecular weight excluding hydrogens is 145 g/mol. The van der Waals surface area contributed by atoms with E-state index in [2.05, 4.69) is 0 Å². The van der Waals surface area contributed by atoms with Crippen LogP contribution < -0.4 is 5.73 Å². The fraction of sp³-hybridized carbons (Fsp3) is 0.200. The Morgan fingerprint density at radius 1 is 1.82 bits per heavy atom. The Morgan fingerprint density at radius 3 is 2.55 bits per heavy atom. The molecule has 0 saturated carbocycles. The molecule has 0 atom stereocenters. The van der Waals surface area contributed by atoms with Crippen LogP contribution in [0, 0.1) is 5.41 Å². The van der Waals surface area contributed by atoms with Gasteiger partial charge in [0.25, 0.3) is 5.91 Å². The molecule has 0 aromatic carbocycles. The summed E-state index contributed by atoms with van der Waals surface area (Å²) in [6.07, 6.45) is 0. The average molecular weight is 151 g/mol. The molecule has 1 amide bonds. The van der Waals surface area contributed by atoms with Crippen molar-refractivity contribution in [1.82, 2.24) is 4.81 Å². The SMILES string of the molecule is [B]N1CC(O)=C(C(N)=O)C1=N. The maximum Gasteiger partial charge on any atom is 0.255 e. The van der Waals surface area contributed by atoms with Gasteiger partial charge in [-0.3, -0.25) is 10.2 Å². The maximum atomic E-state index is 10.5. The van der Waals surface area contributed by atoms with Crippen molar-refractivity contribution in [3.8, 4) is 0 Å². The molecule has 4 N–H and O–H groups in total. The quantitative estimate of drug-likeness (QED) is 0.405. The predicted molar refractivity (Wildman–Crippen MR) is 39.0 cm³/mol. The van der Waals surface area contributed by atoms with Gasteiger partial charge in [0, 0.05) is 0 Å². The summed E-state index contributed by atoms with van der Waals surface area (Å²) in [5.74, 6) is -1.32. The van der Waals surface area contributed by atoms with Gasteiger partial charge in [0.2, 0.25) is 7.98 Å². The summed E-state index contributed by atoms with van der Waals surface area (Å²) in [6, 6.07) is 0. The molecule has 0 bridgehead atoms. The second kappa shape index (κ2) is 2.30. The molecule has 1 aliphatic rings. The van der Waals surface area contributed by atoms with E-state index in [1.807, 2.05) is 0 Å².